The monoisotopic (exact) mass is 403 g/mol. The summed E-state index contributed by atoms with van der Waals surface area (Å²) in [5.41, 5.74) is 3.08. The van der Waals surface area contributed by atoms with Crippen molar-refractivity contribution >= 4 is 11.6 Å². The van der Waals surface area contributed by atoms with Gasteiger partial charge in [0, 0.05) is 31.6 Å². The van der Waals surface area contributed by atoms with Gasteiger partial charge in [0.15, 0.2) is 0 Å². The number of amides is 1. The Morgan fingerprint density at radius 2 is 2.10 bits per heavy atom. The molecule has 1 saturated heterocycles. The van der Waals surface area contributed by atoms with Crippen LogP contribution in [0.1, 0.15) is 54.8 Å². The van der Waals surface area contributed by atoms with Crippen LogP contribution >= 0.6 is 0 Å². The minimum absolute atomic E-state index is 0.00700. The molecule has 1 aromatic carbocycles. The Morgan fingerprint density at radius 1 is 1.33 bits per heavy atom. The molecule has 3 aliphatic rings. The highest BCUT2D eigenvalue weighted by molar-refractivity contribution is 5.94. The molecule has 2 aliphatic heterocycles. The molecule has 0 N–H and O–H groups in total. The van der Waals surface area contributed by atoms with Crippen LogP contribution < -0.4 is 0 Å². The Morgan fingerprint density at radius 3 is 2.77 bits per heavy atom. The lowest BCUT2D eigenvalue weighted by Crippen LogP contribution is -2.33. The summed E-state index contributed by atoms with van der Waals surface area (Å²) in [6.45, 7) is 7.69. The number of nitriles is 1. The fraction of sp³-hybridized carbons (Fsp3) is 0.478. The van der Waals surface area contributed by atoms with Gasteiger partial charge in [-0.25, -0.2) is 4.98 Å². The summed E-state index contributed by atoms with van der Waals surface area (Å²) in [4.78, 5) is 24.8. The molecule has 4 atom stereocenters. The minimum Gasteiger partial charge on any atom is -0.389 e. The minimum atomic E-state index is -0.196. The lowest BCUT2D eigenvalue weighted by atomic mass is 9.98. The first-order chi connectivity index (χ1) is 14.4. The maximum absolute atomic E-state index is 13.0. The highest BCUT2D eigenvalue weighted by Crippen LogP contribution is 2.54. The second kappa shape index (κ2) is 6.69. The second-order valence-corrected chi connectivity index (χ2v) is 9.29. The number of piperidine rings is 1. The van der Waals surface area contributed by atoms with Crippen molar-refractivity contribution in [2.45, 2.75) is 38.8 Å². The third-order valence-electron chi connectivity index (χ3n) is 6.65. The van der Waals surface area contributed by atoms with Gasteiger partial charge in [0.2, 0.25) is 0 Å². The number of nitrogens with zero attached hydrogens (tertiary/aromatic N) is 5. The molecule has 7 heteroatoms. The van der Waals surface area contributed by atoms with Crippen LogP contribution in [0.25, 0.3) is 0 Å². The molecule has 0 spiro atoms. The number of benzene rings is 1. The standard InChI is InChI=1S/C23H25N5O2/c1-14(16-6-4-5-15(7-16)9-24)28-12-20(25-13-28)22(29)27-10-17-18(11-27)21(17)19-8-23(2,3)30-26-19/h4-7,12-14,17-18,21H,8,10-11H2,1-3H3/t14-,17-,18+,21?/m0/s1. The van der Waals surface area contributed by atoms with Crippen molar-refractivity contribution in [2.75, 3.05) is 13.1 Å². The largest absolute Gasteiger partial charge is 0.389 e. The summed E-state index contributed by atoms with van der Waals surface area (Å²) >= 11 is 0. The summed E-state index contributed by atoms with van der Waals surface area (Å²) in [5, 5.41) is 13.4. The molecule has 1 saturated carbocycles. The van der Waals surface area contributed by atoms with Crippen LogP contribution in [-0.2, 0) is 4.84 Å². The first-order valence-corrected chi connectivity index (χ1v) is 10.4. The average Bonchev–Trinajstić information content (AvgIpc) is 3.17. The van der Waals surface area contributed by atoms with Gasteiger partial charge in [-0.15, -0.1) is 0 Å². The Kier molecular flexibility index (Phi) is 4.21. The highest BCUT2D eigenvalue weighted by atomic mass is 16.7. The Balaban J connectivity index is 1.23. The predicted molar refractivity (Wildman–Crippen MR) is 111 cm³/mol. The number of imidazole rings is 1. The fourth-order valence-electron chi connectivity index (χ4n) is 4.91. The van der Waals surface area contributed by atoms with E-state index in [-0.39, 0.29) is 17.6 Å². The van der Waals surface area contributed by atoms with Crippen LogP contribution in [0, 0.1) is 29.1 Å². The van der Waals surface area contributed by atoms with E-state index in [4.69, 9.17) is 10.1 Å². The van der Waals surface area contributed by atoms with Crippen molar-refractivity contribution in [3.63, 3.8) is 0 Å². The topological polar surface area (TPSA) is 83.5 Å². The molecule has 1 amide bonds. The average molecular weight is 403 g/mol. The van der Waals surface area contributed by atoms with Crippen molar-refractivity contribution < 1.29 is 9.63 Å². The van der Waals surface area contributed by atoms with Gasteiger partial charge < -0.3 is 14.3 Å². The number of fused-ring (bicyclic) bond motifs is 1. The van der Waals surface area contributed by atoms with Crippen molar-refractivity contribution in [2.24, 2.45) is 22.9 Å². The van der Waals surface area contributed by atoms with Crippen LogP contribution in [0.3, 0.4) is 0 Å². The summed E-state index contributed by atoms with van der Waals surface area (Å²) in [6.07, 6.45) is 4.39. The SMILES string of the molecule is C[C@@H](c1cccc(C#N)c1)n1cnc(C(=O)N2C[C@@H]3C(C4=NOC(C)(C)C4)[C@@H]3C2)c1. The summed E-state index contributed by atoms with van der Waals surface area (Å²) < 4.78 is 1.93. The number of carbonyl (C=O) groups excluding carboxylic acids is 1. The zero-order valence-electron chi connectivity index (χ0n) is 17.4. The number of likely N-dealkylation sites (tertiary alicyclic amines) is 1. The summed E-state index contributed by atoms with van der Waals surface area (Å²) in [5.74, 6) is 1.46. The van der Waals surface area contributed by atoms with E-state index in [9.17, 15) is 4.79 Å². The van der Waals surface area contributed by atoms with Crippen LogP contribution in [0.2, 0.25) is 0 Å². The maximum atomic E-state index is 13.0. The molecule has 1 aliphatic carbocycles. The normalized spacial score (nSPS) is 27.1. The van der Waals surface area contributed by atoms with Crippen LogP contribution in [-0.4, -0.2) is 44.8 Å². The molecular formula is C23H25N5O2. The number of oxime groups is 1. The van der Waals surface area contributed by atoms with Crippen molar-refractivity contribution in [3.05, 3.63) is 53.6 Å². The first-order valence-electron chi connectivity index (χ1n) is 10.4. The van der Waals surface area contributed by atoms with Gasteiger partial charge in [-0.3, -0.25) is 4.79 Å². The molecule has 7 nitrogen and oxygen atoms in total. The number of hydrogen-bond acceptors (Lipinski definition) is 5. The molecule has 30 heavy (non-hydrogen) atoms. The van der Waals surface area contributed by atoms with Crippen LogP contribution in [0.4, 0.5) is 0 Å². The molecule has 5 rings (SSSR count). The molecular weight excluding hydrogens is 378 g/mol. The van der Waals surface area contributed by atoms with Crippen LogP contribution in [0.5, 0.6) is 0 Å². The van der Waals surface area contributed by atoms with E-state index in [0.29, 0.717) is 29.0 Å². The third kappa shape index (κ3) is 3.17. The Bertz CT molecular complexity index is 1070. The van der Waals surface area contributed by atoms with Gasteiger partial charge >= 0.3 is 0 Å². The lowest BCUT2D eigenvalue weighted by molar-refractivity contribution is 0.0123. The second-order valence-electron chi connectivity index (χ2n) is 9.29. The molecule has 1 unspecified atom stereocenters. The van der Waals surface area contributed by atoms with E-state index in [0.717, 1.165) is 25.1 Å². The van der Waals surface area contributed by atoms with Crippen LogP contribution in [0.15, 0.2) is 41.9 Å². The fourth-order valence-corrected chi connectivity index (χ4v) is 4.91. The molecule has 154 valence electrons. The quantitative estimate of drug-likeness (QED) is 0.785. The number of rotatable bonds is 4. The molecule has 3 heterocycles. The van der Waals surface area contributed by atoms with E-state index >= 15 is 0 Å². The zero-order chi connectivity index (χ0) is 21.0. The van der Waals surface area contributed by atoms with Crippen molar-refractivity contribution in [1.29, 1.82) is 5.26 Å². The molecule has 1 aromatic heterocycles. The first kappa shape index (κ1) is 18.9. The predicted octanol–water partition coefficient (Wildman–Crippen LogP) is 3.24. The Labute approximate surface area is 175 Å². The third-order valence-corrected chi connectivity index (χ3v) is 6.65. The molecule has 2 aromatic rings. The van der Waals surface area contributed by atoms with Gasteiger partial charge in [-0.05, 0) is 50.3 Å². The lowest BCUT2D eigenvalue weighted by Gasteiger charge is -2.19. The number of hydrogen-bond donors (Lipinski definition) is 0. The molecule has 0 bridgehead atoms. The summed E-state index contributed by atoms with van der Waals surface area (Å²) in [6, 6.07) is 9.68. The molecule has 0 radical (unpaired) electrons. The van der Waals surface area contributed by atoms with Gasteiger partial charge in [-0.1, -0.05) is 17.3 Å². The zero-order valence-corrected chi connectivity index (χ0v) is 17.4. The van der Waals surface area contributed by atoms with Crippen molar-refractivity contribution in [1.82, 2.24) is 14.5 Å². The van der Waals surface area contributed by atoms with Crippen molar-refractivity contribution in [3.8, 4) is 6.07 Å². The van der Waals surface area contributed by atoms with E-state index < -0.39 is 0 Å². The maximum Gasteiger partial charge on any atom is 0.274 e. The van der Waals surface area contributed by atoms with E-state index in [2.05, 4.69) is 30.1 Å². The Hall–Kier alpha value is -3.14. The van der Waals surface area contributed by atoms with E-state index in [1.54, 1.807) is 12.4 Å². The smallest absolute Gasteiger partial charge is 0.274 e. The highest BCUT2D eigenvalue weighted by Gasteiger charge is 2.60. The van der Waals surface area contributed by atoms with E-state index in [1.165, 1.54) is 5.71 Å². The number of aromatic nitrogens is 2. The summed E-state index contributed by atoms with van der Waals surface area (Å²) in [7, 11) is 0. The van der Waals surface area contributed by atoms with Gasteiger partial charge in [0.05, 0.1) is 29.7 Å². The molecule has 2 fully saturated rings. The number of carbonyl (C=O) groups is 1. The van der Waals surface area contributed by atoms with E-state index in [1.807, 2.05) is 40.8 Å². The van der Waals surface area contributed by atoms with Gasteiger partial charge in [0.25, 0.3) is 5.91 Å². The van der Waals surface area contributed by atoms with Gasteiger partial charge in [0.1, 0.15) is 11.3 Å². The van der Waals surface area contributed by atoms with Gasteiger partial charge in [-0.2, -0.15) is 5.26 Å².